The molecule has 1 N–H and O–H groups in total. The molecule has 1 heterocycles. The molecule has 2 aromatic rings. The van der Waals surface area contributed by atoms with Gasteiger partial charge in [0.1, 0.15) is 0 Å². The number of amides is 1. The van der Waals surface area contributed by atoms with Crippen molar-refractivity contribution >= 4 is 32.4 Å². The minimum atomic E-state index is -4.68. The van der Waals surface area contributed by atoms with E-state index in [-0.39, 0.29) is 6.54 Å². The average molecular weight is 479 g/mol. The number of nitrogens with one attached hydrogen (secondary N) is 1. The van der Waals surface area contributed by atoms with Gasteiger partial charge < -0.3 is 10.2 Å². The van der Waals surface area contributed by atoms with Gasteiger partial charge in [-0.1, -0.05) is 19.9 Å². The summed E-state index contributed by atoms with van der Waals surface area (Å²) >= 11 is 1.19. The number of hydrogen-bond donors (Lipinski definition) is 1. The molecule has 0 radical (unpaired) electrons. The van der Waals surface area contributed by atoms with Gasteiger partial charge in [0.25, 0.3) is 0 Å². The van der Waals surface area contributed by atoms with Gasteiger partial charge in [-0.05, 0) is 38.2 Å². The number of carbonyl (C=O) groups excluding carboxylic acids is 1. The van der Waals surface area contributed by atoms with Crippen LogP contribution >= 0.6 is 11.3 Å². The third kappa shape index (κ3) is 6.99. The fourth-order valence-electron chi connectivity index (χ4n) is 2.79. The summed E-state index contributed by atoms with van der Waals surface area (Å²) in [6.45, 7) is 6.63. The zero-order valence-corrected chi connectivity index (χ0v) is 19.1. The molecule has 0 aliphatic rings. The Morgan fingerprint density at radius 1 is 1.19 bits per heavy atom. The maximum atomic E-state index is 13.1. The number of carbonyl (C=O) groups is 1. The second-order valence-corrected chi connectivity index (χ2v) is 9.53. The van der Waals surface area contributed by atoms with Crippen LogP contribution in [0.15, 0.2) is 34.5 Å². The maximum absolute atomic E-state index is 13.1. The van der Waals surface area contributed by atoms with Crippen molar-refractivity contribution in [3.05, 3.63) is 40.9 Å². The maximum Gasteiger partial charge on any atom is 0.416 e. The summed E-state index contributed by atoms with van der Waals surface area (Å²) in [4.78, 5) is 18.0. The number of halogens is 3. The minimum absolute atomic E-state index is 0.0510. The summed E-state index contributed by atoms with van der Waals surface area (Å²) < 4.78 is 66.4. The monoisotopic (exact) mass is 478 g/mol. The second kappa shape index (κ2) is 10.5. The van der Waals surface area contributed by atoms with Crippen molar-refractivity contribution < 1.29 is 26.4 Å². The lowest BCUT2D eigenvalue weighted by Gasteiger charge is -2.25. The van der Waals surface area contributed by atoms with Gasteiger partial charge in [0.2, 0.25) is 15.9 Å². The molecule has 0 bridgehead atoms. The quantitative estimate of drug-likeness (QED) is 0.566. The Morgan fingerprint density at radius 3 is 2.42 bits per heavy atom. The zero-order chi connectivity index (χ0) is 23.2. The second-order valence-electron chi connectivity index (χ2n) is 6.73. The number of likely N-dealkylation sites (N-methyl/N-ethyl adjacent to an activating group) is 1. The van der Waals surface area contributed by atoms with Crippen LogP contribution in [0.25, 0.3) is 0 Å². The van der Waals surface area contributed by atoms with Gasteiger partial charge in [0.15, 0.2) is 5.13 Å². The smallest absolute Gasteiger partial charge is 0.303 e. The summed E-state index contributed by atoms with van der Waals surface area (Å²) in [5.41, 5.74) is -0.366. The van der Waals surface area contributed by atoms with Crippen LogP contribution in [0.1, 0.15) is 25.1 Å². The zero-order valence-electron chi connectivity index (χ0n) is 17.4. The molecule has 2 rings (SSSR count). The first-order chi connectivity index (χ1) is 14.5. The minimum Gasteiger partial charge on any atom is -0.303 e. The van der Waals surface area contributed by atoms with Gasteiger partial charge in [0, 0.05) is 18.5 Å². The Morgan fingerprint density at radius 2 is 1.87 bits per heavy atom. The van der Waals surface area contributed by atoms with Crippen LogP contribution in [0.4, 0.5) is 18.3 Å². The van der Waals surface area contributed by atoms with Crippen molar-refractivity contribution in [1.82, 2.24) is 14.2 Å². The van der Waals surface area contributed by atoms with Crippen LogP contribution in [-0.4, -0.2) is 61.2 Å². The molecular weight excluding hydrogens is 453 g/mol. The lowest BCUT2D eigenvalue weighted by atomic mass is 10.2. The van der Waals surface area contributed by atoms with Crippen molar-refractivity contribution in [2.24, 2.45) is 0 Å². The van der Waals surface area contributed by atoms with E-state index in [1.165, 1.54) is 11.3 Å². The first-order valence-corrected chi connectivity index (χ1v) is 11.9. The van der Waals surface area contributed by atoms with Gasteiger partial charge in [-0.2, -0.15) is 17.5 Å². The van der Waals surface area contributed by atoms with Crippen LogP contribution in [0.5, 0.6) is 0 Å². The number of aromatic nitrogens is 1. The summed E-state index contributed by atoms with van der Waals surface area (Å²) in [6, 6.07) is 3.52. The van der Waals surface area contributed by atoms with Gasteiger partial charge in [0.05, 0.1) is 22.7 Å². The highest BCUT2D eigenvalue weighted by atomic mass is 32.2. The molecule has 172 valence electrons. The van der Waals surface area contributed by atoms with Gasteiger partial charge in [-0.25, -0.2) is 13.4 Å². The molecule has 0 saturated carbocycles. The van der Waals surface area contributed by atoms with E-state index in [1.807, 2.05) is 18.7 Å². The normalized spacial score (nSPS) is 12.5. The molecule has 0 saturated heterocycles. The van der Waals surface area contributed by atoms with Crippen molar-refractivity contribution in [3.8, 4) is 0 Å². The molecule has 31 heavy (non-hydrogen) atoms. The average Bonchev–Trinajstić information content (AvgIpc) is 3.11. The Kier molecular flexibility index (Phi) is 8.57. The lowest BCUT2D eigenvalue weighted by Crippen LogP contribution is -2.42. The fraction of sp³-hybridized carbons (Fsp3) is 0.474. The van der Waals surface area contributed by atoms with E-state index in [4.69, 9.17) is 0 Å². The number of benzene rings is 1. The Bertz CT molecular complexity index is 989. The van der Waals surface area contributed by atoms with Crippen LogP contribution in [0.3, 0.4) is 0 Å². The van der Waals surface area contributed by atoms with E-state index >= 15 is 0 Å². The van der Waals surface area contributed by atoms with E-state index in [2.05, 4.69) is 10.3 Å². The van der Waals surface area contributed by atoms with E-state index in [9.17, 15) is 26.4 Å². The number of sulfonamides is 1. The van der Waals surface area contributed by atoms with Crippen molar-refractivity contribution in [1.29, 1.82) is 0 Å². The summed E-state index contributed by atoms with van der Waals surface area (Å²) in [5, 5.41) is 4.59. The van der Waals surface area contributed by atoms with Crippen molar-refractivity contribution in [2.75, 3.05) is 38.0 Å². The number of hydrogen-bond acceptors (Lipinski definition) is 6. The Labute approximate surface area is 183 Å². The third-order valence-corrected chi connectivity index (χ3v) is 7.26. The van der Waals surface area contributed by atoms with Gasteiger partial charge >= 0.3 is 6.18 Å². The first kappa shape index (κ1) is 25.2. The number of thiazole rings is 1. The Balaban J connectivity index is 2.30. The molecule has 0 aliphatic heterocycles. The molecule has 0 aliphatic carbocycles. The molecule has 1 aromatic carbocycles. The van der Waals surface area contributed by atoms with E-state index in [0.717, 1.165) is 22.5 Å². The number of alkyl halides is 3. The van der Waals surface area contributed by atoms with Crippen LogP contribution in [0.2, 0.25) is 0 Å². The third-order valence-electron chi connectivity index (χ3n) is 4.54. The predicted octanol–water partition coefficient (Wildman–Crippen LogP) is 3.44. The number of rotatable bonds is 10. The molecule has 0 atom stereocenters. The highest BCUT2D eigenvalue weighted by Crippen LogP contribution is 2.31. The topological polar surface area (TPSA) is 82.6 Å². The molecule has 1 amide bonds. The predicted molar refractivity (Wildman–Crippen MR) is 113 cm³/mol. The molecule has 1 aromatic heterocycles. The van der Waals surface area contributed by atoms with Gasteiger partial charge in [-0.3, -0.25) is 4.79 Å². The van der Waals surface area contributed by atoms with Crippen LogP contribution in [-0.2, 0) is 21.0 Å². The Hall–Kier alpha value is -2.02. The summed E-state index contributed by atoms with van der Waals surface area (Å²) in [5.74, 6) is -0.621. The standard InChI is InChI=1S/C19H25F3N4O3S2/c1-4-25(5-2)9-10-26(12-17(27)24-18-23-14(3)13-30-18)31(28,29)16-8-6-7-15(11-16)19(20,21)22/h6-8,11,13H,4-5,9-10,12H2,1-3H3,(H,23,24,27). The van der Waals surface area contributed by atoms with Gasteiger partial charge in [-0.15, -0.1) is 11.3 Å². The lowest BCUT2D eigenvalue weighted by molar-refractivity contribution is -0.137. The molecule has 0 unspecified atom stereocenters. The molecule has 7 nitrogen and oxygen atoms in total. The van der Waals surface area contributed by atoms with Crippen LogP contribution < -0.4 is 5.32 Å². The van der Waals surface area contributed by atoms with Crippen LogP contribution in [0, 0.1) is 6.92 Å². The van der Waals surface area contributed by atoms with Crippen molar-refractivity contribution in [3.63, 3.8) is 0 Å². The molecule has 12 heteroatoms. The number of nitrogens with zero attached hydrogens (tertiary/aromatic N) is 3. The SMILES string of the molecule is CCN(CC)CCN(CC(=O)Nc1nc(C)cs1)S(=O)(=O)c1cccc(C(F)(F)F)c1. The molecular formula is C19H25F3N4O3S2. The number of aryl methyl sites for hydroxylation is 1. The highest BCUT2D eigenvalue weighted by Gasteiger charge is 2.33. The van der Waals surface area contributed by atoms with E-state index in [1.54, 1.807) is 12.3 Å². The van der Waals surface area contributed by atoms with Crippen molar-refractivity contribution in [2.45, 2.75) is 31.8 Å². The largest absolute Gasteiger partial charge is 0.416 e. The summed E-state index contributed by atoms with van der Waals surface area (Å²) in [7, 11) is -4.35. The first-order valence-electron chi connectivity index (χ1n) is 9.59. The van der Waals surface area contributed by atoms with E-state index < -0.39 is 39.1 Å². The summed E-state index contributed by atoms with van der Waals surface area (Å²) in [6.07, 6.45) is -4.68. The number of anilines is 1. The van der Waals surface area contributed by atoms with E-state index in [0.29, 0.717) is 36.5 Å². The molecule has 0 fully saturated rings. The molecule has 0 spiro atoms. The fourth-order valence-corrected chi connectivity index (χ4v) is 4.93. The highest BCUT2D eigenvalue weighted by molar-refractivity contribution is 7.89.